The summed E-state index contributed by atoms with van der Waals surface area (Å²) in [6.07, 6.45) is 0.558. The van der Waals surface area contributed by atoms with Crippen molar-refractivity contribution in [2.75, 3.05) is 19.4 Å². The summed E-state index contributed by atoms with van der Waals surface area (Å²) in [4.78, 5) is 28.0. The number of thioether (sulfide) groups is 1. The van der Waals surface area contributed by atoms with Crippen LogP contribution in [0.4, 0.5) is 0 Å². The maximum atomic E-state index is 13.3. The van der Waals surface area contributed by atoms with Gasteiger partial charge in [-0.25, -0.2) is 0 Å². The van der Waals surface area contributed by atoms with E-state index in [0.717, 1.165) is 17.1 Å². The van der Waals surface area contributed by atoms with Crippen LogP contribution in [0.25, 0.3) is 0 Å². The molecule has 32 heavy (non-hydrogen) atoms. The molecule has 0 bridgehead atoms. The van der Waals surface area contributed by atoms with E-state index in [1.807, 2.05) is 43.3 Å². The zero-order valence-electron chi connectivity index (χ0n) is 19.9. The van der Waals surface area contributed by atoms with E-state index in [1.54, 1.807) is 23.8 Å². The lowest BCUT2D eigenvalue weighted by atomic mass is 10.1. The Hall–Kier alpha value is -2.47. The molecular formula is C26H36N2O3S. The number of ether oxygens (including phenoxy) is 1. The van der Waals surface area contributed by atoms with Crippen LogP contribution in [0.5, 0.6) is 5.75 Å². The van der Waals surface area contributed by atoms with Crippen LogP contribution in [-0.2, 0) is 21.9 Å². The maximum Gasteiger partial charge on any atom is 0.242 e. The quantitative estimate of drug-likeness (QED) is 0.498. The topological polar surface area (TPSA) is 58.6 Å². The van der Waals surface area contributed by atoms with E-state index < -0.39 is 6.04 Å². The second-order valence-electron chi connectivity index (χ2n) is 8.36. The van der Waals surface area contributed by atoms with E-state index in [0.29, 0.717) is 31.2 Å². The largest absolute Gasteiger partial charge is 0.497 e. The first-order valence-electron chi connectivity index (χ1n) is 11.2. The van der Waals surface area contributed by atoms with E-state index in [2.05, 4.69) is 38.2 Å². The average Bonchev–Trinajstić information content (AvgIpc) is 2.78. The van der Waals surface area contributed by atoms with Crippen LogP contribution < -0.4 is 10.1 Å². The van der Waals surface area contributed by atoms with Crippen LogP contribution in [0.1, 0.15) is 43.9 Å². The second kappa shape index (κ2) is 13.2. The third kappa shape index (κ3) is 7.90. The number of nitrogens with zero attached hydrogens (tertiary/aromatic N) is 1. The highest BCUT2D eigenvalue weighted by molar-refractivity contribution is 7.99. The zero-order valence-corrected chi connectivity index (χ0v) is 20.7. The Morgan fingerprint density at radius 3 is 2.53 bits per heavy atom. The van der Waals surface area contributed by atoms with Gasteiger partial charge in [0.05, 0.1) is 12.9 Å². The first-order chi connectivity index (χ1) is 15.3. The first-order valence-corrected chi connectivity index (χ1v) is 12.3. The molecule has 174 valence electrons. The minimum Gasteiger partial charge on any atom is -0.497 e. The van der Waals surface area contributed by atoms with Gasteiger partial charge in [0.1, 0.15) is 11.8 Å². The molecule has 1 unspecified atom stereocenters. The molecule has 0 aliphatic heterocycles. The number of amides is 2. The Kier molecular flexibility index (Phi) is 10.6. The van der Waals surface area contributed by atoms with Gasteiger partial charge in [-0.05, 0) is 48.1 Å². The highest BCUT2D eigenvalue weighted by Gasteiger charge is 2.28. The molecule has 0 aliphatic carbocycles. The zero-order chi connectivity index (χ0) is 23.5. The fourth-order valence-corrected chi connectivity index (χ4v) is 4.40. The number of rotatable bonds is 12. The fraction of sp³-hybridized carbons (Fsp3) is 0.462. The molecule has 0 heterocycles. The number of carbonyl (C=O) groups is 2. The Morgan fingerprint density at radius 1 is 1.12 bits per heavy atom. The molecule has 0 aliphatic rings. The van der Waals surface area contributed by atoms with Crippen molar-refractivity contribution in [1.29, 1.82) is 0 Å². The molecule has 2 aromatic rings. The van der Waals surface area contributed by atoms with Gasteiger partial charge in [0.2, 0.25) is 11.8 Å². The van der Waals surface area contributed by atoms with Gasteiger partial charge in [-0.1, -0.05) is 57.2 Å². The summed E-state index contributed by atoms with van der Waals surface area (Å²) < 4.78 is 5.33. The minimum absolute atomic E-state index is 0.0297. The van der Waals surface area contributed by atoms with Crippen molar-refractivity contribution in [2.24, 2.45) is 5.92 Å². The summed E-state index contributed by atoms with van der Waals surface area (Å²) in [5.74, 6) is 2.05. The minimum atomic E-state index is -0.508. The fourth-order valence-electron chi connectivity index (χ4n) is 3.41. The molecule has 0 fully saturated rings. The molecule has 6 heteroatoms. The van der Waals surface area contributed by atoms with E-state index >= 15 is 0 Å². The van der Waals surface area contributed by atoms with Crippen molar-refractivity contribution in [3.63, 3.8) is 0 Å². The summed E-state index contributed by atoms with van der Waals surface area (Å²) in [6, 6.07) is 15.4. The lowest BCUT2D eigenvalue weighted by molar-refractivity contribution is -0.139. The summed E-state index contributed by atoms with van der Waals surface area (Å²) in [5, 5.41) is 3.00. The van der Waals surface area contributed by atoms with E-state index in [9.17, 15) is 9.59 Å². The molecule has 2 aromatic carbocycles. The average molecular weight is 457 g/mol. The Bertz CT molecular complexity index is 885. The number of carbonyl (C=O) groups excluding carboxylic acids is 2. The molecule has 0 aromatic heterocycles. The Labute approximate surface area is 196 Å². The molecule has 0 spiro atoms. The third-order valence-corrected chi connectivity index (χ3v) is 6.27. The molecule has 0 saturated carbocycles. The number of hydrogen-bond donors (Lipinski definition) is 1. The van der Waals surface area contributed by atoms with Gasteiger partial charge in [0, 0.05) is 18.8 Å². The predicted octanol–water partition coefficient (Wildman–Crippen LogP) is 4.82. The van der Waals surface area contributed by atoms with Crippen molar-refractivity contribution >= 4 is 23.6 Å². The monoisotopic (exact) mass is 456 g/mol. The molecule has 1 atom stereocenters. The Balaban J connectivity index is 2.16. The second-order valence-corrected chi connectivity index (χ2v) is 9.34. The standard InChI is InChI=1S/C26H36N2O3S/c1-6-24(26(30)27-15-19(2)3)28(16-21-11-9-13-23(14-21)31-5)25(29)18-32-17-22-12-8-7-10-20(22)4/h7-14,19,24H,6,15-18H2,1-5H3,(H,27,30). The highest BCUT2D eigenvalue weighted by atomic mass is 32.2. The molecule has 2 rings (SSSR count). The predicted molar refractivity (Wildman–Crippen MR) is 133 cm³/mol. The first kappa shape index (κ1) is 25.8. The SMILES string of the molecule is CCC(C(=O)NCC(C)C)N(Cc1cccc(OC)c1)C(=O)CSCc1ccccc1C. The number of hydrogen-bond acceptors (Lipinski definition) is 4. The van der Waals surface area contributed by atoms with Crippen LogP contribution in [0.2, 0.25) is 0 Å². The highest BCUT2D eigenvalue weighted by Crippen LogP contribution is 2.20. The lowest BCUT2D eigenvalue weighted by Gasteiger charge is -2.31. The molecule has 0 radical (unpaired) electrons. The van der Waals surface area contributed by atoms with Gasteiger partial charge in [0.25, 0.3) is 0 Å². The number of aryl methyl sites for hydroxylation is 1. The lowest BCUT2D eigenvalue weighted by Crippen LogP contribution is -2.50. The number of benzene rings is 2. The normalized spacial score (nSPS) is 11.8. The van der Waals surface area contributed by atoms with Gasteiger partial charge >= 0.3 is 0 Å². The van der Waals surface area contributed by atoms with Crippen LogP contribution in [0.3, 0.4) is 0 Å². The summed E-state index contributed by atoms with van der Waals surface area (Å²) in [7, 11) is 1.62. The van der Waals surface area contributed by atoms with E-state index in [-0.39, 0.29) is 11.8 Å². The van der Waals surface area contributed by atoms with Gasteiger partial charge in [-0.2, -0.15) is 0 Å². The van der Waals surface area contributed by atoms with E-state index in [1.165, 1.54) is 11.1 Å². The van der Waals surface area contributed by atoms with Crippen molar-refractivity contribution in [1.82, 2.24) is 10.2 Å². The van der Waals surface area contributed by atoms with Crippen molar-refractivity contribution in [2.45, 2.75) is 52.5 Å². The maximum absolute atomic E-state index is 13.3. The van der Waals surface area contributed by atoms with Gasteiger partial charge < -0.3 is 15.0 Å². The molecule has 0 saturated heterocycles. The molecule has 1 N–H and O–H groups in total. The summed E-state index contributed by atoms with van der Waals surface area (Å²) >= 11 is 1.59. The van der Waals surface area contributed by atoms with Crippen LogP contribution in [-0.4, -0.2) is 42.2 Å². The molecule has 5 nitrogen and oxygen atoms in total. The van der Waals surface area contributed by atoms with Crippen LogP contribution in [0.15, 0.2) is 48.5 Å². The van der Waals surface area contributed by atoms with Gasteiger partial charge in [-0.3, -0.25) is 9.59 Å². The molecule has 2 amide bonds. The van der Waals surface area contributed by atoms with Gasteiger partial charge in [-0.15, -0.1) is 11.8 Å². The van der Waals surface area contributed by atoms with Gasteiger partial charge in [0.15, 0.2) is 0 Å². The summed E-state index contributed by atoms with van der Waals surface area (Å²) in [6.45, 7) is 9.11. The number of nitrogens with one attached hydrogen (secondary N) is 1. The van der Waals surface area contributed by atoms with Crippen LogP contribution >= 0.6 is 11.8 Å². The van der Waals surface area contributed by atoms with Crippen molar-refractivity contribution in [3.05, 3.63) is 65.2 Å². The third-order valence-electron chi connectivity index (χ3n) is 5.30. The number of methoxy groups -OCH3 is 1. The van der Waals surface area contributed by atoms with E-state index in [4.69, 9.17) is 4.74 Å². The van der Waals surface area contributed by atoms with Crippen LogP contribution in [0, 0.1) is 12.8 Å². The smallest absolute Gasteiger partial charge is 0.242 e. The van der Waals surface area contributed by atoms with Crippen molar-refractivity contribution < 1.29 is 14.3 Å². The van der Waals surface area contributed by atoms with Crippen molar-refractivity contribution in [3.8, 4) is 5.75 Å². The summed E-state index contributed by atoms with van der Waals surface area (Å²) in [5.41, 5.74) is 3.39. The molecular weight excluding hydrogens is 420 g/mol. The Morgan fingerprint density at radius 2 is 1.88 bits per heavy atom.